The molecular formula is C101H107Ar8BS2. The van der Waals surface area contributed by atoms with Crippen LogP contribution in [-0.2, 0) is 0 Å². The predicted octanol–water partition coefficient (Wildman–Crippen LogP) is 29.1. The molecule has 0 aromatic heterocycles. The largest absolute Gasteiger partial charge is 0 e. The Bertz CT molecular complexity index is 4300. The molecule has 12 aromatic carbocycles. The Morgan fingerprint density at radius 3 is 0.812 bits per heavy atom. The second-order valence-corrected chi connectivity index (χ2v) is 29.0. The average Bonchev–Trinajstić information content (AvgIpc) is 0.787. The van der Waals surface area contributed by atoms with Gasteiger partial charge in [-0.25, -0.2) is 0 Å². The molecule has 0 N–H and O–H groups in total. The van der Waals surface area contributed by atoms with Crippen molar-refractivity contribution in [3.05, 3.63) is 431 Å². The molecule has 0 heterocycles. The second-order valence-electron chi connectivity index (χ2n) is 28.2. The number of hydrogen-bond acceptors (Lipinski definition) is 1. The van der Waals surface area contributed by atoms with E-state index in [9.17, 15) is 0 Å². The molecule has 0 bridgehead atoms. The first-order valence-corrected chi connectivity index (χ1v) is 39.4. The van der Waals surface area contributed by atoms with E-state index < -0.39 is 0 Å². The minimum absolute atomic E-state index is 0. The summed E-state index contributed by atoms with van der Waals surface area (Å²) in [6.07, 6.45) is 21.3. The summed E-state index contributed by atoms with van der Waals surface area (Å²) in [4.78, 5) is 0. The van der Waals surface area contributed by atoms with Crippen molar-refractivity contribution in [2.24, 2.45) is 5.92 Å². The van der Waals surface area contributed by atoms with E-state index in [0.717, 1.165) is 12.8 Å². The molecule has 7 unspecified atom stereocenters. The summed E-state index contributed by atoms with van der Waals surface area (Å²) in [7, 11) is 0. The first-order valence-electron chi connectivity index (χ1n) is 38.4. The first-order chi connectivity index (χ1) is 51.3. The molecule has 0 saturated heterocycles. The number of allylic oxidation sites excluding steroid dienone is 3. The first kappa shape index (κ1) is 109. The Labute approximate surface area is 925 Å². The fourth-order valence-corrected chi connectivity index (χ4v) is 15.7. The van der Waals surface area contributed by atoms with Crippen LogP contribution in [0.1, 0.15) is 219 Å². The number of rotatable bonds is 33. The van der Waals surface area contributed by atoms with E-state index in [1.54, 1.807) is 0 Å². The quantitative estimate of drug-likeness (QED) is 0.0243. The minimum Gasteiger partial charge on any atom is 0 e. The smallest absolute Gasteiger partial charge is 0 e. The topological polar surface area (TPSA) is 0 Å². The summed E-state index contributed by atoms with van der Waals surface area (Å²) in [5.41, 5.74) is 22.9. The van der Waals surface area contributed by atoms with E-state index in [2.05, 4.69) is 417 Å². The molecule has 12 aromatic rings. The van der Waals surface area contributed by atoms with Gasteiger partial charge in [-0.05, 0) is 190 Å². The van der Waals surface area contributed by atoms with Gasteiger partial charge in [-0.15, -0.1) is 6.58 Å². The molecule has 0 amide bonds. The summed E-state index contributed by atoms with van der Waals surface area (Å²) in [6.45, 7) is 13.3. The van der Waals surface area contributed by atoms with Gasteiger partial charge >= 0.3 is 30.0 Å². The minimum atomic E-state index is 0. The van der Waals surface area contributed by atoms with Crippen molar-refractivity contribution in [2.75, 3.05) is 0 Å². The number of benzene rings is 12. The fraction of sp³-hybridized carbons (Fsp3) is 0.248. The van der Waals surface area contributed by atoms with Crippen LogP contribution < -0.4 is 0 Å². The van der Waals surface area contributed by atoms with Crippen LogP contribution in [0.2, 0.25) is 0 Å². The number of unbranched alkanes of at least 4 members (excludes halogenated alkanes) is 1. The third kappa shape index (κ3) is 34.5. The number of thiol groups is 1. The number of hydrogen-bond donors (Lipinski definition) is 1. The molecule has 0 nitrogen and oxygen atoms in total. The summed E-state index contributed by atoms with van der Waals surface area (Å²) in [5, 5.41) is 0. The molecule has 0 aliphatic carbocycles. The molecule has 590 valence electrons. The van der Waals surface area contributed by atoms with Crippen molar-refractivity contribution in [3.8, 4) is 22.3 Å². The molecular weight excluding hydrogens is 1610 g/mol. The van der Waals surface area contributed by atoms with Crippen molar-refractivity contribution >= 4 is 30.0 Å². The second kappa shape index (κ2) is 62.9. The van der Waals surface area contributed by atoms with Crippen molar-refractivity contribution in [1.82, 2.24) is 0 Å². The van der Waals surface area contributed by atoms with Crippen LogP contribution in [0, 0.1) is 308 Å². The third-order valence-electron chi connectivity index (χ3n) is 21.6. The van der Waals surface area contributed by atoms with Crippen molar-refractivity contribution < 1.29 is 302 Å². The Morgan fingerprint density at radius 2 is 0.536 bits per heavy atom. The fourth-order valence-electron chi connectivity index (χ4n) is 15.7. The van der Waals surface area contributed by atoms with Crippen LogP contribution in [0.5, 0.6) is 0 Å². The standard InChI is InChI=1S/C52H56.C49H50.8Ar.BHS2/c1-4-6-19-41(5-2)29-31-44(43-20-11-7-12-21-43)30-28-40(3)42-32-34-45(35-33-42)46-36-38-50(39-37-46)52(49-26-17-10-18-27-49)51(47-22-13-8-14-23-47)48-24-15-9-16-25-48;1-3-5-10-19-40(39-20-11-6-12-21-39)29-28-38(4-2)41-30-32-42(33-31-41)43-34-36-47(37-35-43)49(46-26-17-9-18-27-46)48(44-22-13-7-14-23-44)45-24-15-8-16-25-45;;;;;;;;;2-1-3/h5,7-18,20-27,32-41,44,51-52H,2,4,6,19,28-31H2,1,3H3;3,5-9,11-18,20-27,30-38,40,48-49H,4,10,19,28-29H2,1-2H3;;;;;;;;;2H/b;5-3+;;;;;;;;;. The van der Waals surface area contributed by atoms with Gasteiger partial charge in [0.25, 0.3) is 0 Å². The zero-order valence-electron chi connectivity index (χ0n) is 64.7. The van der Waals surface area contributed by atoms with E-state index in [1.165, 1.54) is 159 Å². The summed E-state index contributed by atoms with van der Waals surface area (Å²) >= 11 is 7.61. The van der Waals surface area contributed by atoms with Crippen LogP contribution in [0.25, 0.3) is 22.3 Å². The van der Waals surface area contributed by atoms with Crippen molar-refractivity contribution in [1.29, 1.82) is 0 Å². The van der Waals surface area contributed by atoms with Crippen LogP contribution >= 0.6 is 24.5 Å². The van der Waals surface area contributed by atoms with Crippen LogP contribution in [-0.4, -0.2) is 5.43 Å². The maximum Gasteiger partial charge on any atom is 0 e. The van der Waals surface area contributed by atoms with E-state index in [4.69, 9.17) is 0 Å². The predicted molar refractivity (Wildman–Crippen MR) is 457 cm³/mol. The van der Waals surface area contributed by atoms with Gasteiger partial charge in [0, 0.05) is 326 Å². The van der Waals surface area contributed by atoms with Crippen LogP contribution in [0.4, 0.5) is 0 Å². The van der Waals surface area contributed by atoms with Gasteiger partial charge in [-0.1, -0.05) is 392 Å². The molecule has 0 spiro atoms. The van der Waals surface area contributed by atoms with E-state index in [-0.39, 0.29) is 326 Å². The molecule has 0 saturated carbocycles. The van der Waals surface area contributed by atoms with Crippen LogP contribution in [0.3, 0.4) is 0 Å². The molecule has 0 fully saturated rings. The molecule has 0 aliphatic rings. The van der Waals surface area contributed by atoms with E-state index in [1.807, 2.05) is 0 Å². The van der Waals surface area contributed by atoms with Crippen molar-refractivity contribution in [3.63, 3.8) is 0 Å². The monoisotopic (exact) mass is 1710 g/mol. The normalized spacial score (nSPS) is 12.3. The van der Waals surface area contributed by atoms with Gasteiger partial charge < -0.3 is 0 Å². The Kier molecular flexibility index (Phi) is 61.1. The summed E-state index contributed by atoms with van der Waals surface area (Å²) in [5.74, 6) is 3.67. The summed E-state index contributed by atoms with van der Waals surface area (Å²) in [6, 6.07) is 126. The molecule has 7 atom stereocenters. The summed E-state index contributed by atoms with van der Waals surface area (Å²) < 4.78 is 0. The molecule has 11 heteroatoms. The molecule has 0 aliphatic heterocycles. The van der Waals surface area contributed by atoms with Gasteiger partial charge in [-0.2, -0.15) is 0 Å². The zero-order valence-corrected chi connectivity index (χ0v) is 72.1. The Hall–Kier alpha value is 0.833. The van der Waals surface area contributed by atoms with Gasteiger partial charge in [0.1, 0.15) is 0 Å². The van der Waals surface area contributed by atoms with Gasteiger partial charge in [-0.3, -0.25) is 0 Å². The molecule has 0 radical (unpaired) electrons. The maximum atomic E-state index is 4.16. The third-order valence-corrected chi connectivity index (χ3v) is 21.6. The Balaban J connectivity index is 0.000000688. The SMILES string of the molecule is C/C=C/CCC(CCC(CC)c1ccc(-c2ccc(C(c3ccccc3)C(c3ccccc3)c3ccccc3)cc2)cc1)c1ccccc1.C=CC(CCCC)CCC(CCC(C)c1ccc(-c2ccc(C(c3ccccc3)C(c3ccccc3)c3ccccc3)cc2)cc1)c1ccccc1.S=BS.[Ar].[Ar].[Ar].[Ar].[Ar].[Ar].[Ar].[Ar]. The maximum absolute atomic E-state index is 4.16. The molecule has 12 rings (SSSR count). The van der Waals surface area contributed by atoms with Gasteiger partial charge in [0.05, 0.1) is 0 Å². The van der Waals surface area contributed by atoms with E-state index >= 15 is 0 Å². The van der Waals surface area contributed by atoms with Crippen molar-refractivity contribution in [2.45, 2.75) is 152 Å². The zero-order chi connectivity index (χ0) is 72.3. The van der Waals surface area contributed by atoms with Crippen LogP contribution in [0.15, 0.2) is 365 Å². The van der Waals surface area contributed by atoms with E-state index in [0.29, 0.717) is 29.6 Å². The van der Waals surface area contributed by atoms with Gasteiger partial charge in [0.2, 0.25) is 0 Å². The average molecular weight is 1720 g/mol. The molecule has 112 heavy (non-hydrogen) atoms. The van der Waals surface area contributed by atoms with Gasteiger partial charge in [0.15, 0.2) is 0 Å². The Morgan fingerprint density at radius 1 is 0.304 bits per heavy atom.